The number of benzene rings is 2. The number of aryl methyl sites for hydroxylation is 1. The lowest BCUT2D eigenvalue weighted by Crippen LogP contribution is -2.13. The molecule has 3 aromatic rings. The molecule has 0 fully saturated rings. The van der Waals surface area contributed by atoms with E-state index in [9.17, 15) is 17.6 Å². The molecule has 1 heterocycles. The van der Waals surface area contributed by atoms with E-state index in [0.717, 1.165) is 11.3 Å². The Balaban J connectivity index is 1.56. The van der Waals surface area contributed by atoms with Gasteiger partial charge in [0.25, 0.3) is 10.0 Å². The van der Waals surface area contributed by atoms with Crippen LogP contribution in [0.15, 0.2) is 58.8 Å². The molecule has 0 unspecified atom stereocenters. The zero-order valence-corrected chi connectivity index (χ0v) is 16.7. The number of carbonyl (C=O) groups is 1. The maximum absolute atomic E-state index is 13.1. The summed E-state index contributed by atoms with van der Waals surface area (Å²) in [5.41, 5.74) is 0.981. The predicted molar refractivity (Wildman–Crippen MR) is 108 cm³/mol. The van der Waals surface area contributed by atoms with Gasteiger partial charge in [0.2, 0.25) is 5.91 Å². The molecule has 146 valence electrons. The molecule has 1 aromatic heterocycles. The number of thiazole rings is 1. The average Bonchev–Trinajstić information content (AvgIpc) is 3.10. The van der Waals surface area contributed by atoms with E-state index < -0.39 is 15.8 Å². The number of hydrogen-bond donors (Lipinski definition) is 2. The molecule has 10 heteroatoms. The fraction of sp³-hybridized carbons (Fsp3) is 0.111. The SMILES string of the molecule is O=C(CCc1csc(NS(=O)(=O)c2ccccc2)n1)Nc1ccc(F)c(Cl)c1. The van der Waals surface area contributed by atoms with E-state index in [0.29, 0.717) is 17.8 Å². The zero-order chi connectivity index (χ0) is 20.1. The van der Waals surface area contributed by atoms with Crippen molar-refractivity contribution in [3.63, 3.8) is 0 Å². The molecule has 0 saturated carbocycles. The van der Waals surface area contributed by atoms with Crippen LogP contribution in [0, 0.1) is 5.82 Å². The Morgan fingerprint density at radius 1 is 1.18 bits per heavy atom. The Hall–Kier alpha value is -2.49. The summed E-state index contributed by atoms with van der Waals surface area (Å²) in [6.07, 6.45) is 0.452. The molecule has 28 heavy (non-hydrogen) atoms. The van der Waals surface area contributed by atoms with E-state index in [1.54, 1.807) is 23.6 Å². The molecule has 0 saturated heterocycles. The van der Waals surface area contributed by atoms with E-state index in [1.165, 1.54) is 30.3 Å². The van der Waals surface area contributed by atoms with Gasteiger partial charge in [0.1, 0.15) is 5.82 Å². The van der Waals surface area contributed by atoms with Gasteiger partial charge in [-0.05, 0) is 36.8 Å². The molecule has 2 aromatic carbocycles. The highest BCUT2D eigenvalue weighted by atomic mass is 35.5. The number of halogens is 2. The molecular weight excluding hydrogens is 425 g/mol. The van der Waals surface area contributed by atoms with Crippen LogP contribution in [0.1, 0.15) is 12.1 Å². The lowest BCUT2D eigenvalue weighted by Gasteiger charge is -2.05. The van der Waals surface area contributed by atoms with Gasteiger partial charge in [-0.2, -0.15) is 0 Å². The van der Waals surface area contributed by atoms with E-state index in [2.05, 4.69) is 15.0 Å². The summed E-state index contributed by atoms with van der Waals surface area (Å²) in [5, 5.41) is 4.46. The minimum Gasteiger partial charge on any atom is -0.326 e. The lowest BCUT2D eigenvalue weighted by molar-refractivity contribution is -0.116. The Morgan fingerprint density at radius 2 is 1.93 bits per heavy atom. The molecule has 1 amide bonds. The highest BCUT2D eigenvalue weighted by Gasteiger charge is 2.16. The number of nitrogens with zero attached hydrogens (tertiary/aromatic N) is 1. The van der Waals surface area contributed by atoms with Crippen molar-refractivity contribution in [3.8, 4) is 0 Å². The Kier molecular flexibility index (Phi) is 6.28. The van der Waals surface area contributed by atoms with Crippen LogP contribution in [-0.2, 0) is 21.2 Å². The number of sulfonamides is 1. The van der Waals surface area contributed by atoms with Crippen LogP contribution in [0.4, 0.5) is 15.2 Å². The highest BCUT2D eigenvalue weighted by molar-refractivity contribution is 7.93. The van der Waals surface area contributed by atoms with Gasteiger partial charge < -0.3 is 5.32 Å². The van der Waals surface area contributed by atoms with Crippen LogP contribution in [0.25, 0.3) is 0 Å². The van der Waals surface area contributed by atoms with Crippen LogP contribution < -0.4 is 10.0 Å². The highest BCUT2D eigenvalue weighted by Crippen LogP contribution is 2.22. The van der Waals surface area contributed by atoms with E-state index >= 15 is 0 Å². The molecule has 0 aliphatic rings. The monoisotopic (exact) mass is 439 g/mol. The molecular formula is C18H15ClFN3O3S2. The zero-order valence-electron chi connectivity index (χ0n) is 14.4. The maximum Gasteiger partial charge on any atom is 0.263 e. The van der Waals surface area contributed by atoms with Gasteiger partial charge in [0, 0.05) is 17.5 Å². The molecule has 2 N–H and O–H groups in total. The average molecular weight is 440 g/mol. The number of rotatable bonds is 7. The number of anilines is 2. The summed E-state index contributed by atoms with van der Waals surface area (Å²) < 4.78 is 40.1. The van der Waals surface area contributed by atoms with Gasteiger partial charge >= 0.3 is 0 Å². The third kappa shape index (κ3) is 5.28. The first-order valence-electron chi connectivity index (χ1n) is 8.11. The summed E-state index contributed by atoms with van der Waals surface area (Å²) in [6.45, 7) is 0. The first kappa shape index (κ1) is 20.2. The van der Waals surface area contributed by atoms with Crippen molar-refractivity contribution in [2.24, 2.45) is 0 Å². The normalized spacial score (nSPS) is 11.2. The maximum atomic E-state index is 13.1. The number of hydrogen-bond acceptors (Lipinski definition) is 5. The molecule has 0 aliphatic carbocycles. The smallest absolute Gasteiger partial charge is 0.263 e. The first-order valence-corrected chi connectivity index (χ1v) is 10.8. The van der Waals surface area contributed by atoms with Gasteiger partial charge in [-0.25, -0.2) is 17.8 Å². The van der Waals surface area contributed by atoms with Crippen LogP contribution in [0.2, 0.25) is 5.02 Å². The summed E-state index contributed by atoms with van der Waals surface area (Å²) in [6, 6.07) is 11.9. The van der Waals surface area contributed by atoms with Crippen LogP contribution in [0.3, 0.4) is 0 Å². The molecule has 0 atom stereocenters. The second kappa shape index (κ2) is 8.68. The van der Waals surface area contributed by atoms with Crippen molar-refractivity contribution < 1.29 is 17.6 Å². The van der Waals surface area contributed by atoms with Gasteiger partial charge in [-0.1, -0.05) is 29.8 Å². The molecule has 0 bridgehead atoms. The molecule has 0 radical (unpaired) electrons. The summed E-state index contributed by atoms with van der Waals surface area (Å²) in [4.78, 5) is 16.4. The minimum atomic E-state index is -3.70. The van der Waals surface area contributed by atoms with Crippen LogP contribution in [0.5, 0.6) is 0 Å². The van der Waals surface area contributed by atoms with Crippen molar-refractivity contribution in [2.75, 3.05) is 10.0 Å². The second-order valence-corrected chi connectivity index (χ2v) is 8.69. The number of nitrogens with one attached hydrogen (secondary N) is 2. The quantitative estimate of drug-likeness (QED) is 0.574. The van der Waals surface area contributed by atoms with Crippen molar-refractivity contribution in [2.45, 2.75) is 17.7 Å². The third-order valence-corrected chi connectivity index (χ3v) is 6.22. The fourth-order valence-corrected chi connectivity index (χ4v) is 4.48. The van der Waals surface area contributed by atoms with Crippen LogP contribution >= 0.6 is 22.9 Å². The van der Waals surface area contributed by atoms with Crippen molar-refractivity contribution >= 4 is 49.7 Å². The summed E-state index contributed by atoms with van der Waals surface area (Å²) >= 11 is 6.82. The van der Waals surface area contributed by atoms with E-state index in [4.69, 9.17) is 11.6 Å². The standard InChI is InChI=1S/C18H15ClFN3O3S2/c19-15-10-12(6-8-16(15)20)21-17(24)9-7-13-11-27-18(22-13)23-28(25,26)14-4-2-1-3-5-14/h1-6,8,10-11H,7,9H2,(H,21,24)(H,22,23). The van der Waals surface area contributed by atoms with E-state index in [-0.39, 0.29) is 27.4 Å². The first-order chi connectivity index (χ1) is 13.3. The summed E-state index contributed by atoms with van der Waals surface area (Å²) in [7, 11) is -3.70. The molecule has 0 aliphatic heterocycles. The third-order valence-electron chi connectivity index (χ3n) is 3.64. The Labute approximate surface area is 170 Å². The van der Waals surface area contributed by atoms with Gasteiger partial charge in [0.05, 0.1) is 15.6 Å². The molecule has 0 spiro atoms. The van der Waals surface area contributed by atoms with Crippen molar-refractivity contribution in [3.05, 3.63) is 70.4 Å². The summed E-state index contributed by atoms with van der Waals surface area (Å²) in [5.74, 6) is -0.852. The van der Waals surface area contributed by atoms with Gasteiger partial charge in [-0.15, -0.1) is 11.3 Å². The topological polar surface area (TPSA) is 88.2 Å². The number of carbonyl (C=O) groups excluding carboxylic acids is 1. The van der Waals surface area contributed by atoms with Crippen molar-refractivity contribution in [1.82, 2.24) is 4.98 Å². The number of amides is 1. The Morgan fingerprint density at radius 3 is 2.64 bits per heavy atom. The van der Waals surface area contributed by atoms with Crippen LogP contribution in [-0.4, -0.2) is 19.3 Å². The van der Waals surface area contributed by atoms with Crippen molar-refractivity contribution in [1.29, 1.82) is 0 Å². The number of aromatic nitrogens is 1. The largest absolute Gasteiger partial charge is 0.326 e. The van der Waals surface area contributed by atoms with Gasteiger partial charge in [0.15, 0.2) is 5.13 Å². The van der Waals surface area contributed by atoms with Gasteiger partial charge in [-0.3, -0.25) is 9.52 Å². The molecule has 3 rings (SSSR count). The fourth-order valence-electron chi connectivity index (χ4n) is 2.28. The Bertz CT molecular complexity index is 1090. The molecule has 6 nitrogen and oxygen atoms in total. The lowest BCUT2D eigenvalue weighted by atomic mass is 10.2. The predicted octanol–water partition coefficient (Wildman–Crippen LogP) is 4.31. The second-order valence-electron chi connectivity index (χ2n) is 5.74. The minimum absolute atomic E-state index is 0.0763. The van der Waals surface area contributed by atoms with E-state index in [1.807, 2.05) is 0 Å².